The summed E-state index contributed by atoms with van der Waals surface area (Å²) in [5, 5.41) is 7.12. The Labute approximate surface area is 151 Å². The molecule has 26 heavy (non-hydrogen) atoms. The first kappa shape index (κ1) is 16.4. The van der Waals surface area contributed by atoms with Crippen LogP contribution in [0.15, 0.2) is 65.9 Å². The Morgan fingerprint density at radius 1 is 1.15 bits per heavy atom. The van der Waals surface area contributed by atoms with Crippen molar-refractivity contribution in [1.29, 1.82) is 0 Å². The predicted octanol–water partition coefficient (Wildman–Crippen LogP) is 3.94. The van der Waals surface area contributed by atoms with Crippen LogP contribution in [0.1, 0.15) is 24.0 Å². The summed E-state index contributed by atoms with van der Waals surface area (Å²) in [6.07, 6.45) is 3.58. The fraction of sp³-hybridized carbons (Fsp3) is 0.190. The Hall–Kier alpha value is -3.08. The molecule has 1 amide bonds. The number of fused-ring (bicyclic) bond motifs is 1. The van der Waals surface area contributed by atoms with Crippen LogP contribution >= 0.6 is 0 Å². The fourth-order valence-electron chi connectivity index (χ4n) is 3.24. The summed E-state index contributed by atoms with van der Waals surface area (Å²) in [5.74, 6) is -0.305. The van der Waals surface area contributed by atoms with Crippen molar-refractivity contribution in [3.8, 4) is 0 Å². The van der Waals surface area contributed by atoms with Gasteiger partial charge in [0.25, 0.3) is 0 Å². The van der Waals surface area contributed by atoms with Crippen LogP contribution in [0, 0.1) is 5.82 Å². The van der Waals surface area contributed by atoms with Crippen molar-refractivity contribution in [3.63, 3.8) is 0 Å². The van der Waals surface area contributed by atoms with Gasteiger partial charge in [-0.05, 0) is 36.2 Å². The minimum Gasteiger partial charge on any atom is -0.273 e. The summed E-state index contributed by atoms with van der Waals surface area (Å²) >= 11 is 0. The molecule has 0 bridgehead atoms. The number of para-hydroxylation sites is 1. The van der Waals surface area contributed by atoms with E-state index in [0.717, 1.165) is 22.9 Å². The Morgan fingerprint density at radius 2 is 2.04 bits per heavy atom. The maximum Gasteiger partial charge on any atom is 0.242 e. The molecule has 1 aliphatic heterocycles. The van der Waals surface area contributed by atoms with Gasteiger partial charge in [0.2, 0.25) is 5.91 Å². The van der Waals surface area contributed by atoms with E-state index < -0.39 is 0 Å². The Kier molecular flexibility index (Phi) is 4.44. The molecular weight excluding hydrogens is 329 g/mol. The summed E-state index contributed by atoms with van der Waals surface area (Å²) < 4.78 is 13.8. The average molecular weight is 347 g/mol. The third-order valence-corrected chi connectivity index (χ3v) is 4.54. The van der Waals surface area contributed by atoms with E-state index in [2.05, 4.69) is 10.1 Å². The number of carbonyl (C=O) groups excluding carboxylic acids is 1. The number of hydrogen-bond donors (Lipinski definition) is 0. The highest BCUT2D eigenvalue weighted by Gasteiger charge is 2.21. The van der Waals surface area contributed by atoms with Crippen molar-refractivity contribution in [2.45, 2.75) is 19.3 Å². The van der Waals surface area contributed by atoms with Crippen molar-refractivity contribution in [1.82, 2.24) is 9.99 Å². The normalized spacial score (nSPS) is 15.0. The van der Waals surface area contributed by atoms with E-state index in [4.69, 9.17) is 0 Å². The summed E-state index contributed by atoms with van der Waals surface area (Å²) in [5.41, 5.74) is 3.31. The number of amides is 1. The highest BCUT2D eigenvalue weighted by molar-refractivity contribution is 6.04. The van der Waals surface area contributed by atoms with E-state index in [1.165, 1.54) is 17.1 Å². The molecule has 0 N–H and O–H groups in total. The van der Waals surface area contributed by atoms with Gasteiger partial charge in [-0.3, -0.25) is 9.78 Å². The Balaban J connectivity index is 1.77. The lowest BCUT2D eigenvalue weighted by Gasteiger charge is -2.14. The van der Waals surface area contributed by atoms with Gasteiger partial charge in [0.1, 0.15) is 5.82 Å². The van der Waals surface area contributed by atoms with Crippen molar-refractivity contribution in [3.05, 3.63) is 77.7 Å². The standard InChI is InChI=1S/C21H18FN3O/c22-17-6-3-5-16(13-17)20(24-25-12-4-9-21(25)26)14-15-10-11-23-19-8-2-1-7-18(15)19/h1-3,5-8,10-11,13H,4,9,12,14H2/b24-20+. The van der Waals surface area contributed by atoms with Crippen molar-refractivity contribution in [2.75, 3.05) is 6.54 Å². The van der Waals surface area contributed by atoms with E-state index in [9.17, 15) is 9.18 Å². The molecule has 1 aliphatic rings. The third-order valence-electron chi connectivity index (χ3n) is 4.54. The highest BCUT2D eigenvalue weighted by atomic mass is 19.1. The summed E-state index contributed by atoms with van der Waals surface area (Å²) in [6, 6.07) is 16.2. The molecule has 5 heteroatoms. The van der Waals surface area contributed by atoms with Crippen molar-refractivity contribution < 1.29 is 9.18 Å². The molecule has 2 heterocycles. The number of hydrazone groups is 1. The third kappa shape index (κ3) is 3.33. The first-order valence-corrected chi connectivity index (χ1v) is 8.67. The number of benzene rings is 2. The van der Waals surface area contributed by atoms with Crippen LogP contribution in [0.2, 0.25) is 0 Å². The van der Waals surface area contributed by atoms with Crippen LogP contribution in [0.25, 0.3) is 10.9 Å². The molecule has 2 aromatic carbocycles. The molecule has 0 atom stereocenters. The van der Waals surface area contributed by atoms with Crippen LogP contribution in [0.5, 0.6) is 0 Å². The zero-order chi connectivity index (χ0) is 17.9. The van der Waals surface area contributed by atoms with Gasteiger partial charge in [0, 0.05) is 36.5 Å². The molecule has 4 rings (SSSR count). The van der Waals surface area contributed by atoms with E-state index >= 15 is 0 Å². The number of hydrogen-bond acceptors (Lipinski definition) is 3. The number of rotatable bonds is 4. The first-order chi connectivity index (χ1) is 12.7. The minimum atomic E-state index is -0.317. The van der Waals surface area contributed by atoms with E-state index in [1.54, 1.807) is 12.3 Å². The zero-order valence-corrected chi connectivity index (χ0v) is 14.2. The predicted molar refractivity (Wildman–Crippen MR) is 99.3 cm³/mol. The average Bonchev–Trinajstić information content (AvgIpc) is 3.06. The van der Waals surface area contributed by atoms with E-state index in [0.29, 0.717) is 30.7 Å². The summed E-state index contributed by atoms with van der Waals surface area (Å²) in [4.78, 5) is 16.4. The van der Waals surface area contributed by atoms with Gasteiger partial charge in [-0.25, -0.2) is 9.40 Å². The van der Waals surface area contributed by atoms with E-state index in [1.807, 2.05) is 36.4 Å². The molecular formula is C21H18FN3O. The topological polar surface area (TPSA) is 45.6 Å². The molecule has 0 spiro atoms. The molecule has 130 valence electrons. The lowest BCUT2D eigenvalue weighted by Crippen LogP contribution is -2.22. The second kappa shape index (κ2) is 7.04. The smallest absolute Gasteiger partial charge is 0.242 e. The van der Waals surface area contributed by atoms with Gasteiger partial charge in [-0.1, -0.05) is 30.3 Å². The molecule has 1 aromatic heterocycles. The highest BCUT2D eigenvalue weighted by Crippen LogP contribution is 2.20. The number of halogens is 1. The monoisotopic (exact) mass is 347 g/mol. The zero-order valence-electron chi connectivity index (χ0n) is 14.2. The Bertz CT molecular complexity index is 994. The quantitative estimate of drug-likeness (QED) is 0.671. The molecule has 4 nitrogen and oxygen atoms in total. The number of nitrogens with zero attached hydrogens (tertiary/aromatic N) is 3. The second-order valence-electron chi connectivity index (χ2n) is 6.34. The molecule has 3 aromatic rings. The van der Waals surface area contributed by atoms with Crippen molar-refractivity contribution >= 4 is 22.5 Å². The van der Waals surface area contributed by atoms with Crippen LogP contribution in [-0.4, -0.2) is 28.2 Å². The summed E-state index contributed by atoms with van der Waals surface area (Å²) in [7, 11) is 0. The van der Waals surface area contributed by atoms with Crippen LogP contribution in [0.3, 0.4) is 0 Å². The SMILES string of the molecule is O=C1CCCN1/N=C(\Cc1ccnc2ccccc12)c1cccc(F)c1. The van der Waals surface area contributed by atoms with Crippen molar-refractivity contribution in [2.24, 2.45) is 5.10 Å². The second-order valence-corrected chi connectivity index (χ2v) is 6.34. The summed E-state index contributed by atoms with van der Waals surface area (Å²) in [6.45, 7) is 0.606. The molecule has 0 aliphatic carbocycles. The number of pyridine rings is 1. The number of carbonyl (C=O) groups is 1. The lowest BCUT2D eigenvalue weighted by atomic mass is 9.99. The van der Waals surface area contributed by atoms with E-state index in [-0.39, 0.29) is 11.7 Å². The van der Waals surface area contributed by atoms with Gasteiger partial charge >= 0.3 is 0 Å². The molecule has 0 radical (unpaired) electrons. The van der Waals surface area contributed by atoms with Gasteiger partial charge in [0.15, 0.2) is 0 Å². The first-order valence-electron chi connectivity index (χ1n) is 8.67. The lowest BCUT2D eigenvalue weighted by molar-refractivity contribution is -0.127. The molecule has 0 saturated carbocycles. The van der Waals surface area contributed by atoms with Gasteiger partial charge in [-0.15, -0.1) is 0 Å². The largest absolute Gasteiger partial charge is 0.273 e. The van der Waals surface area contributed by atoms with Crippen LogP contribution in [-0.2, 0) is 11.2 Å². The number of aromatic nitrogens is 1. The van der Waals surface area contributed by atoms with Crippen LogP contribution < -0.4 is 0 Å². The minimum absolute atomic E-state index is 0.0125. The molecule has 0 unspecified atom stereocenters. The fourth-order valence-corrected chi connectivity index (χ4v) is 3.24. The molecule has 1 fully saturated rings. The van der Waals surface area contributed by atoms with Crippen LogP contribution in [0.4, 0.5) is 4.39 Å². The maximum atomic E-state index is 13.8. The van der Waals surface area contributed by atoms with Gasteiger partial charge < -0.3 is 0 Å². The maximum absolute atomic E-state index is 13.8. The van der Waals surface area contributed by atoms with Gasteiger partial charge in [-0.2, -0.15) is 5.10 Å². The molecule has 1 saturated heterocycles. The Morgan fingerprint density at radius 3 is 2.85 bits per heavy atom. The van der Waals surface area contributed by atoms with Gasteiger partial charge in [0.05, 0.1) is 11.2 Å².